The zero-order chi connectivity index (χ0) is 23.3. The fraction of sp³-hybridized carbons (Fsp3) is 0.519. The third-order valence-corrected chi connectivity index (χ3v) is 8.36. The zero-order valence-corrected chi connectivity index (χ0v) is 19.4. The number of benzene rings is 2. The first-order valence-corrected chi connectivity index (χ1v) is 12.5. The highest BCUT2D eigenvalue weighted by molar-refractivity contribution is 6.11. The summed E-state index contributed by atoms with van der Waals surface area (Å²) in [5.41, 5.74) is 1.51. The number of rotatable bonds is 4. The fourth-order valence-electron chi connectivity index (χ4n) is 6.39. The fourth-order valence-corrected chi connectivity index (χ4v) is 6.39. The molecule has 7 nitrogen and oxygen atoms in total. The lowest BCUT2D eigenvalue weighted by atomic mass is 9.77. The van der Waals surface area contributed by atoms with Gasteiger partial charge in [-0.1, -0.05) is 18.2 Å². The molecule has 4 aliphatic heterocycles. The van der Waals surface area contributed by atoms with Crippen molar-refractivity contribution in [1.82, 2.24) is 4.90 Å². The molecular weight excluding hydrogens is 432 g/mol. The number of anilines is 1. The van der Waals surface area contributed by atoms with E-state index in [1.54, 1.807) is 0 Å². The van der Waals surface area contributed by atoms with Gasteiger partial charge in [0.1, 0.15) is 17.8 Å². The smallest absolute Gasteiger partial charge is 0.245 e. The van der Waals surface area contributed by atoms with Gasteiger partial charge in [0.2, 0.25) is 5.91 Å². The summed E-state index contributed by atoms with van der Waals surface area (Å²) in [6.07, 6.45) is 5.61. The Hall–Kier alpha value is -2.77. The van der Waals surface area contributed by atoms with E-state index in [9.17, 15) is 15.0 Å². The molecule has 2 fully saturated rings. The maximum absolute atomic E-state index is 14.0. The predicted molar refractivity (Wildman–Crippen MR) is 128 cm³/mol. The maximum atomic E-state index is 14.0. The van der Waals surface area contributed by atoms with E-state index >= 15 is 0 Å². The van der Waals surface area contributed by atoms with Crippen LogP contribution in [0.3, 0.4) is 0 Å². The summed E-state index contributed by atoms with van der Waals surface area (Å²) in [7, 11) is 0. The molecule has 1 amide bonds. The molecule has 0 bridgehead atoms. The van der Waals surface area contributed by atoms with Crippen LogP contribution < -0.4 is 9.64 Å². The van der Waals surface area contributed by atoms with Gasteiger partial charge < -0.3 is 29.5 Å². The van der Waals surface area contributed by atoms with Crippen molar-refractivity contribution < 1.29 is 24.5 Å². The highest BCUT2D eigenvalue weighted by Crippen LogP contribution is 2.54. The van der Waals surface area contributed by atoms with E-state index in [4.69, 9.17) is 9.47 Å². The second-order valence-electron chi connectivity index (χ2n) is 10.1. The summed E-state index contributed by atoms with van der Waals surface area (Å²) < 4.78 is 11.4. The Morgan fingerprint density at radius 2 is 1.71 bits per heavy atom. The number of ether oxygens (including phenoxy) is 2. The first-order chi connectivity index (χ1) is 16.6. The van der Waals surface area contributed by atoms with Crippen LogP contribution in [0, 0.1) is 5.92 Å². The van der Waals surface area contributed by atoms with Crippen molar-refractivity contribution in [2.45, 2.75) is 43.6 Å². The average molecular weight is 465 g/mol. The van der Waals surface area contributed by atoms with Gasteiger partial charge in [0, 0.05) is 43.1 Å². The molecule has 2 N–H and O–H groups in total. The van der Waals surface area contributed by atoms with Crippen LogP contribution >= 0.6 is 0 Å². The molecule has 2 saturated heterocycles. The van der Waals surface area contributed by atoms with E-state index in [0.29, 0.717) is 29.8 Å². The highest BCUT2D eigenvalue weighted by atomic mass is 16.5. The Morgan fingerprint density at radius 1 is 0.971 bits per heavy atom. The van der Waals surface area contributed by atoms with Gasteiger partial charge in [-0.05, 0) is 68.8 Å². The lowest BCUT2D eigenvalue weighted by molar-refractivity contribution is -0.122. The highest BCUT2D eigenvalue weighted by Gasteiger charge is 2.57. The summed E-state index contributed by atoms with van der Waals surface area (Å²) in [4.78, 5) is 18.5. The summed E-state index contributed by atoms with van der Waals surface area (Å²) in [6, 6.07) is 11.5. The van der Waals surface area contributed by atoms with Crippen LogP contribution in [0.25, 0.3) is 0 Å². The first kappa shape index (κ1) is 21.7. The van der Waals surface area contributed by atoms with Gasteiger partial charge in [0.05, 0.1) is 0 Å². The van der Waals surface area contributed by atoms with Crippen LogP contribution in [0.4, 0.5) is 5.69 Å². The zero-order valence-electron chi connectivity index (χ0n) is 19.4. The van der Waals surface area contributed by atoms with Gasteiger partial charge in [0.25, 0.3) is 0 Å². The van der Waals surface area contributed by atoms with Gasteiger partial charge in [-0.15, -0.1) is 0 Å². The van der Waals surface area contributed by atoms with Crippen LogP contribution in [-0.2, 0) is 14.9 Å². The van der Waals surface area contributed by atoms with Gasteiger partial charge in [0.15, 0.2) is 11.5 Å². The quantitative estimate of drug-likeness (QED) is 0.675. The number of nitrogens with zero attached hydrogens (tertiary/aromatic N) is 2. The van der Waals surface area contributed by atoms with Gasteiger partial charge in [-0.25, -0.2) is 0 Å². The lowest BCUT2D eigenvalue weighted by Gasteiger charge is -2.39. The number of phenolic OH excluding ortho intramolecular Hbond substituents is 2. The normalized spacial score (nSPS) is 25.5. The number of likely N-dealkylation sites (tertiary alicyclic amines) is 1. The van der Waals surface area contributed by atoms with Gasteiger partial charge >= 0.3 is 0 Å². The molecule has 4 aliphatic rings. The van der Waals surface area contributed by atoms with Gasteiger partial charge in [-0.3, -0.25) is 4.79 Å². The molecule has 0 radical (unpaired) electrons. The largest absolute Gasteiger partial charge is 0.504 e. The molecule has 1 atom stereocenters. The molecule has 0 aromatic heterocycles. The second kappa shape index (κ2) is 8.47. The molecule has 0 saturated carbocycles. The van der Waals surface area contributed by atoms with Crippen molar-refractivity contribution in [3.63, 3.8) is 0 Å². The maximum Gasteiger partial charge on any atom is 0.245 e. The number of carbonyl (C=O) groups excluding carboxylic acids is 1. The van der Waals surface area contributed by atoms with Crippen LogP contribution in [-0.4, -0.2) is 66.5 Å². The Morgan fingerprint density at radius 3 is 2.50 bits per heavy atom. The minimum atomic E-state index is -0.969. The predicted octanol–water partition coefficient (Wildman–Crippen LogP) is 3.40. The monoisotopic (exact) mass is 464 g/mol. The Balaban J connectivity index is 1.19. The van der Waals surface area contributed by atoms with Crippen molar-refractivity contribution in [1.29, 1.82) is 0 Å². The second-order valence-corrected chi connectivity index (χ2v) is 10.1. The van der Waals surface area contributed by atoms with Crippen molar-refractivity contribution in [3.05, 3.63) is 47.5 Å². The summed E-state index contributed by atoms with van der Waals surface area (Å²) in [6.45, 7) is 4.89. The molecule has 1 unspecified atom stereocenters. The number of hydrogen-bond donors (Lipinski definition) is 2. The molecule has 1 spiro atoms. The Labute approximate surface area is 199 Å². The molecule has 0 aliphatic carbocycles. The van der Waals surface area contributed by atoms with E-state index < -0.39 is 5.41 Å². The van der Waals surface area contributed by atoms with Crippen molar-refractivity contribution in [2.75, 3.05) is 44.4 Å². The molecule has 2 aromatic rings. The SMILES string of the molecule is O=C1N(CCC2CCN(C3CCOCC3)CC2)c2ccccc2C12COc1cc(O)c(O)cc12. The van der Waals surface area contributed by atoms with Crippen molar-refractivity contribution in [2.24, 2.45) is 5.92 Å². The van der Waals surface area contributed by atoms with E-state index in [0.717, 1.165) is 56.8 Å². The third-order valence-electron chi connectivity index (χ3n) is 8.36. The van der Waals surface area contributed by atoms with Crippen LogP contribution in [0.1, 0.15) is 43.2 Å². The van der Waals surface area contributed by atoms with E-state index in [1.165, 1.54) is 25.0 Å². The Kier molecular flexibility index (Phi) is 5.41. The summed E-state index contributed by atoms with van der Waals surface area (Å²) >= 11 is 0. The number of amides is 1. The number of fused-ring (bicyclic) bond motifs is 4. The average Bonchev–Trinajstić information content (AvgIpc) is 3.35. The number of para-hydroxylation sites is 1. The van der Waals surface area contributed by atoms with Crippen molar-refractivity contribution >= 4 is 11.6 Å². The van der Waals surface area contributed by atoms with Crippen LogP contribution in [0.15, 0.2) is 36.4 Å². The molecular formula is C27H32N2O5. The Bertz CT molecular complexity index is 1090. The number of aromatic hydroxyl groups is 2. The van der Waals surface area contributed by atoms with E-state index in [-0.39, 0.29) is 24.0 Å². The molecule has 2 aromatic carbocycles. The first-order valence-electron chi connectivity index (χ1n) is 12.5. The molecule has 180 valence electrons. The molecule has 34 heavy (non-hydrogen) atoms. The van der Waals surface area contributed by atoms with Crippen LogP contribution in [0.2, 0.25) is 0 Å². The topological polar surface area (TPSA) is 82.5 Å². The minimum Gasteiger partial charge on any atom is -0.504 e. The number of carbonyl (C=O) groups is 1. The number of phenols is 2. The number of piperidine rings is 1. The standard InChI is InChI=1S/C27H32N2O5/c30-23-15-21-25(16-24(23)31)34-17-27(21)20-3-1-2-4-22(20)29(26(27)32)12-7-18-5-10-28(11-6-18)19-8-13-33-14-9-19/h1-4,15-16,18-19,30-31H,5-14,17H2. The third kappa shape index (κ3) is 3.36. The molecule has 6 rings (SSSR count). The molecule has 4 heterocycles. The van der Waals surface area contributed by atoms with E-state index in [2.05, 4.69) is 4.90 Å². The van der Waals surface area contributed by atoms with E-state index in [1.807, 2.05) is 29.2 Å². The summed E-state index contributed by atoms with van der Waals surface area (Å²) in [5.74, 6) is 0.598. The van der Waals surface area contributed by atoms with Crippen LogP contribution in [0.5, 0.6) is 17.2 Å². The van der Waals surface area contributed by atoms with Gasteiger partial charge in [-0.2, -0.15) is 0 Å². The minimum absolute atomic E-state index is 0.00261. The molecule has 7 heteroatoms. The van der Waals surface area contributed by atoms with Crippen molar-refractivity contribution in [3.8, 4) is 17.2 Å². The summed E-state index contributed by atoms with van der Waals surface area (Å²) in [5, 5.41) is 20.1. The lowest BCUT2D eigenvalue weighted by Crippen LogP contribution is -2.45. The number of hydrogen-bond acceptors (Lipinski definition) is 6.